The second kappa shape index (κ2) is 10.5. The van der Waals surface area contributed by atoms with Gasteiger partial charge in [0.1, 0.15) is 5.75 Å². The van der Waals surface area contributed by atoms with Crippen molar-refractivity contribution >= 4 is 50.1 Å². The van der Waals surface area contributed by atoms with Crippen molar-refractivity contribution in [3.8, 4) is 5.75 Å². The molecule has 0 bridgehead atoms. The lowest BCUT2D eigenvalue weighted by molar-refractivity contribution is -0.139. The van der Waals surface area contributed by atoms with E-state index >= 15 is 0 Å². The van der Waals surface area contributed by atoms with Gasteiger partial charge in [-0.15, -0.1) is 0 Å². The van der Waals surface area contributed by atoms with Crippen molar-refractivity contribution in [2.24, 2.45) is 4.99 Å². The maximum absolute atomic E-state index is 13.9. The minimum Gasteiger partial charge on any atom is -0.493 e. The summed E-state index contributed by atoms with van der Waals surface area (Å²) in [4.78, 5) is 32.1. The zero-order chi connectivity index (χ0) is 26.1. The molecule has 188 valence electrons. The minimum absolute atomic E-state index is 0.205. The highest BCUT2D eigenvalue weighted by atomic mass is 79.9. The minimum atomic E-state index is -0.636. The number of carbonyl (C=O) groups excluding carboxylic acids is 1. The number of aromatic nitrogens is 1. The molecule has 0 radical (unpaired) electrons. The van der Waals surface area contributed by atoms with Gasteiger partial charge in [0.15, 0.2) is 4.80 Å². The fourth-order valence-corrected chi connectivity index (χ4v) is 5.90. The first-order chi connectivity index (χ1) is 17.9. The highest BCUT2D eigenvalue weighted by Gasteiger charge is 2.33. The number of allylic oxidation sites excluding steroid dienone is 1. The summed E-state index contributed by atoms with van der Waals surface area (Å²) in [7, 11) is 0. The van der Waals surface area contributed by atoms with Crippen LogP contribution < -0.4 is 19.6 Å². The van der Waals surface area contributed by atoms with E-state index < -0.39 is 12.0 Å². The first-order valence-corrected chi connectivity index (χ1v) is 13.6. The zero-order valence-corrected chi connectivity index (χ0v) is 23.1. The Balaban J connectivity index is 1.73. The Labute approximate surface area is 226 Å². The second-order valence-corrected chi connectivity index (χ2v) is 10.4. The molecule has 0 fully saturated rings. The SMILES string of the molecule is CCOC(=O)C1=C(C)N=c2sc(=Cc3ccc(OCC)c4ccccc34)c(=O)n2C1c1ccc(Br)cc1. The van der Waals surface area contributed by atoms with Gasteiger partial charge in [-0.25, -0.2) is 9.79 Å². The molecule has 37 heavy (non-hydrogen) atoms. The van der Waals surface area contributed by atoms with Gasteiger partial charge in [-0.3, -0.25) is 9.36 Å². The molecule has 5 rings (SSSR count). The third-order valence-corrected chi connectivity index (χ3v) is 7.72. The molecule has 0 amide bonds. The van der Waals surface area contributed by atoms with E-state index in [9.17, 15) is 9.59 Å². The molecule has 6 nitrogen and oxygen atoms in total. The number of carbonyl (C=O) groups is 1. The molecule has 0 saturated carbocycles. The van der Waals surface area contributed by atoms with E-state index in [1.54, 1.807) is 18.4 Å². The molecule has 1 atom stereocenters. The quantitative estimate of drug-likeness (QED) is 0.299. The number of hydrogen-bond acceptors (Lipinski definition) is 6. The van der Waals surface area contributed by atoms with Crippen LogP contribution in [0.2, 0.25) is 0 Å². The van der Waals surface area contributed by atoms with Crippen molar-refractivity contribution in [1.82, 2.24) is 4.57 Å². The van der Waals surface area contributed by atoms with Gasteiger partial charge in [0.25, 0.3) is 5.56 Å². The zero-order valence-electron chi connectivity index (χ0n) is 20.7. The van der Waals surface area contributed by atoms with E-state index in [0.29, 0.717) is 27.2 Å². The van der Waals surface area contributed by atoms with Crippen LogP contribution in [-0.4, -0.2) is 23.8 Å². The number of nitrogens with zero attached hydrogens (tertiary/aromatic N) is 2. The summed E-state index contributed by atoms with van der Waals surface area (Å²) in [5, 5.41) is 1.98. The van der Waals surface area contributed by atoms with Crippen molar-refractivity contribution in [1.29, 1.82) is 0 Å². The van der Waals surface area contributed by atoms with Gasteiger partial charge in [0, 0.05) is 9.86 Å². The van der Waals surface area contributed by atoms with Crippen LogP contribution in [0.25, 0.3) is 16.8 Å². The highest BCUT2D eigenvalue weighted by molar-refractivity contribution is 9.10. The molecule has 1 aromatic heterocycles. The summed E-state index contributed by atoms with van der Waals surface area (Å²) in [5.74, 6) is 0.338. The molecule has 0 spiro atoms. The summed E-state index contributed by atoms with van der Waals surface area (Å²) in [6.07, 6.45) is 1.89. The summed E-state index contributed by atoms with van der Waals surface area (Å²) in [6.45, 7) is 6.31. The highest BCUT2D eigenvalue weighted by Crippen LogP contribution is 2.32. The summed E-state index contributed by atoms with van der Waals surface area (Å²) in [5.41, 5.74) is 2.43. The number of esters is 1. The summed E-state index contributed by atoms with van der Waals surface area (Å²) in [6, 6.07) is 18.9. The predicted octanol–water partition coefficient (Wildman–Crippen LogP) is 5.11. The Morgan fingerprint density at radius 1 is 1.05 bits per heavy atom. The van der Waals surface area contributed by atoms with Gasteiger partial charge in [-0.05, 0) is 61.6 Å². The molecule has 3 aromatic carbocycles. The first kappa shape index (κ1) is 25.2. The number of thiazole rings is 1. The Hall–Kier alpha value is -3.49. The Bertz CT molecular complexity index is 1720. The normalized spacial score (nSPS) is 15.5. The van der Waals surface area contributed by atoms with Crippen molar-refractivity contribution in [2.75, 3.05) is 13.2 Å². The molecular weight excluding hydrogens is 552 g/mol. The lowest BCUT2D eigenvalue weighted by Crippen LogP contribution is -2.39. The number of halogens is 1. The second-order valence-electron chi connectivity index (χ2n) is 8.49. The molecule has 1 aliphatic heterocycles. The molecule has 0 aliphatic carbocycles. The topological polar surface area (TPSA) is 69.9 Å². The third kappa shape index (κ3) is 4.67. The number of hydrogen-bond donors (Lipinski definition) is 0. The maximum Gasteiger partial charge on any atom is 0.338 e. The Kier molecular flexibility index (Phi) is 7.13. The van der Waals surface area contributed by atoms with Gasteiger partial charge in [-0.1, -0.05) is 69.7 Å². The standard InChI is InChI=1S/C29H25BrN2O4S/c1-4-35-23-15-12-19(21-8-6-7-9-22(21)23)16-24-27(33)32-26(18-10-13-20(30)14-11-18)25(28(34)36-5-2)17(3)31-29(32)37-24/h6-16,26H,4-5H2,1-3H3. The fraction of sp³-hybridized carbons (Fsp3) is 0.207. The molecule has 2 heterocycles. The smallest absolute Gasteiger partial charge is 0.338 e. The Morgan fingerprint density at radius 3 is 2.49 bits per heavy atom. The predicted molar refractivity (Wildman–Crippen MR) is 150 cm³/mol. The molecule has 8 heteroatoms. The largest absolute Gasteiger partial charge is 0.493 e. The third-order valence-electron chi connectivity index (χ3n) is 6.21. The first-order valence-electron chi connectivity index (χ1n) is 12.0. The lowest BCUT2D eigenvalue weighted by Gasteiger charge is -2.24. The van der Waals surface area contributed by atoms with Crippen molar-refractivity contribution in [3.05, 3.63) is 107 Å². The molecule has 0 N–H and O–H groups in total. The van der Waals surface area contributed by atoms with Gasteiger partial charge in [0.2, 0.25) is 0 Å². The monoisotopic (exact) mass is 576 g/mol. The molecular formula is C29H25BrN2O4S. The van der Waals surface area contributed by atoms with Crippen LogP contribution in [0.1, 0.15) is 37.9 Å². The van der Waals surface area contributed by atoms with E-state index in [1.807, 2.05) is 73.7 Å². The van der Waals surface area contributed by atoms with Gasteiger partial charge in [0.05, 0.1) is 35.1 Å². The van der Waals surface area contributed by atoms with Crippen LogP contribution in [0.3, 0.4) is 0 Å². The molecule has 1 aliphatic rings. The lowest BCUT2D eigenvalue weighted by atomic mass is 9.96. The van der Waals surface area contributed by atoms with Crippen LogP contribution in [0.5, 0.6) is 5.75 Å². The van der Waals surface area contributed by atoms with Crippen molar-refractivity contribution in [2.45, 2.75) is 26.8 Å². The van der Waals surface area contributed by atoms with Crippen molar-refractivity contribution in [3.63, 3.8) is 0 Å². The summed E-state index contributed by atoms with van der Waals surface area (Å²) >= 11 is 4.78. The fourth-order valence-electron chi connectivity index (χ4n) is 4.60. The number of rotatable bonds is 6. The molecule has 1 unspecified atom stereocenters. The van der Waals surface area contributed by atoms with Gasteiger partial charge in [-0.2, -0.15) is 0 Å². The number of ether oxygens (including phenoxy) is 2. The van der Waals surface area contributed by atoms with Crippen LogP contribution in [0, 0.1) is 0 Å². The number of fused-ring (bicyclic) bond motifs is 2. The van der Waals surface area contributed by atoms with E-state index in [-0.39, 0.29) is 12.2 Å². The van der Waals surface area contributed by atoms with Crippen LogP contribution in [-0.2, 0) is 9.53 Å². The van der Waals surface area contributed by atoms with E-state index in [2.05, 4.69) is 20.9 Å². The average Bonchev–Trinajstić information content (AvgIpc) is 3.19. The molecule has 0 saturated heterocycles. The molecule has 4 aromatic rings. The average molecular weight is 578 g/mol. The van der Waals surface area contributed by atoms with E-state index in [4.69, 9.17) is 9.47 Å². The van der Waals surface area contributed by atoms with Gasteiger partial charge >= 0.3 is 5.97 Å². The van der Waals surface area contributed by atoms with Crippen LogP contribution in [0.15, 0.2) is 86.2 Å². The van der Waals surface area contributed by atoms with Crippen LogP contribution in [0.4, 0.5) is 0 Å². The summed E-state index contributed by atoms with van der Waals surface area (Å²) < 4.78 is 14.2. The van der Waals surface area contributed by atoms with Gasteiger partial charge < -0.3 is 9.47 Å². The Morgan fingerprint density at radius 2 is 1.78 bits per heavy atom. The van der Waals surface area contributed by atoms with E-state index in [0.717, 1.165) is 32.1 Å². The van der Waals surface area contributed by atoms with Crippen molar-refractivity contribution < 1.29 is 14.3 Å². The maximum atomic E-state index is 13.9. The number of benzene rings is 3. The van der Waals surface area contributed by atoms with E-state index in [1.165, 1.54) is 11.3 Å². The van der Waals surface area contributed by atoms with Crippen LogP contribution >= 0.6 is 27.3 Å².